The number of hydrogen-bond donors (Lipinski definition) is 2. The van der Waals surface area contributed by atoms with E-state index in [1.807, 2.05) is 18.2 Å². The van der Waals surface area contributed by atoms with Crippen LogP contribution >= 0.6 is 0 Å². The van der Waals surface area contributed by atoms with Gasteiger partial charge in [-0.3, -0.25) is 4.79 Å². The largest absolute Gasteiger partial charge is 0.477 e. The molecule has 2 aliphatic rings. The first-order valence-corrected chi connectivity index (χ1v) is 11.0. The highest BCUT2D eigenvalue weighted by molar-refractivity contribution is 5.97. The number of rotatable bonds is 5. The summed E-state index contributed by atoms with van der Waals surface area (Å²) in [6.07, 6.45) is 2.80. The average Bonchev–Trinajstić information content (AvgIpc) is 3.61. The Kier molecular flexibility index (Phi) is 5.20. The summed E-state index contributed by atoms with van der Waals surface area (Å²) in [5.74, 6) is -1.14. The van der Waals surface area contributed by atoms with Crippen molar-refractivity contribution >= 4 is 16.9 Å². The van der Waals surface area contributed by atoms with Crippen LogP contribution in [0.5, 0.6) is 5.75 Å². The molecule has 8 heteroatoms. The van der Waals surface area contributed by atoms with Gasteiger partial charge in [-0.05, 0) is 60.6 Å². The molecule has 2 heterocycles. The molecule has 0 spiro atoms. The number of nitrogens with zero attached hydrogens (tertiary/aromatic N) is 1. The predicted molar refractivity (Wildman–Crippen MR) is 120 cm³/mol. The first kappa shape index (κ1) is 21.6. The van der Waals surface area contributed by atoms with Crippen LogP contribution in [-0.4, -0.2) is 28.3 Å². The fraction of sp³-hybridized carbons (Fsp3) is 0.360. The molecule has 0 saturated heterocycles. The number of ether oxygens (including phenoxy) is 1. The van der Waals surface area contributed by atoms with Gasteiger partial charge in [-0.25, -0.2) is 4.79 Å². The lowest BCUT2D eigenvalue weighted by atomic mass is 9.85. The molecule has 172 valence electrons. The molecule has 2 N–H and O–H groups in total. The van der Waals surface area contributed by atoms with Gasteiger partial charge >= 0.3 is 12.6 Å². The Morgan fingerprint density at radius 3 is 2.64 bits per heavy atom. The zero-order valence-electron chi connectivity index (χ0n) is 18.3. The molecule has 33 heavy (non-hydrogen) atoms. The average molecular weight is 454 g/mol. The molecule has 2 aromatic carbocycles. The Morgan fingerprint density at radius 2 is 1.97 bits per heavy atom. The van der Waals surface area contributed by atoms with Crippen LogP contribution in [0.3, 0.4) is 0 Å². The Hall–Kier alpha value is -3.26. The van der Waals surface area contributed by atoms with Crippen molar-refractivity contribution in [1.82, 2.24) is 9.88 Å². The van der Waals surface area contributed by atoms with Crippen molar-refractivity contribution in [3.63, 3.8) is 0 Å². The van der Waals surface area contributed by atoms with Crippen molar-refractivity contribution in [3.05, 3.63) is 63.4 Å². The zero-order chi connectivity index (χ0) is 23.4. The van der Waals surface area contributed by atoms with E-state index in [-0.39, 0.29) is 28.3 Å². The molecule has 0 amide bonds. The quantitative estimate of drug-likeness (QED) is 0.573. The highest BCUT2D eigenvalue weighted by atomic mass is 19.3. The SMILES string of the molecule is C[C@@H]1NCc2cc(-c3ccc4c(=O)c(C(=O)O)cn(C5CC5)c4c3OC(F)F)ccc2[C@@H]1C. The third kappa shape index (κ3) is 3.68. The van der Waals surface area contributed by atoms with E-state index in [1.54, 1.807) is 10.6 Å². The summed E-state index contributed by atoms with van der Waals surface area (Å²) < 4.78 is 33.7. The number of aromatic nitrogens is 1. The molecule has 0 radical (unpaired) electrons. The van der Waals surface area contributed by atoms with Crippen LogP contribution < -0.4 is 15.5 Å². The van der Waals surface area contributed by atoms with Crippen LogP contribution in [0.1, 0.15) is 60.1 Å². The van der Waals surface area contributed by atoms with E-state index < -0.39 is 18.0 Å². The van der Waals surface area contributed by atoms with Crippen LogP contribution in [0.25, 0.3) is 22.0 Å². The fourth-order valence-corrected chi connectivity index (χ4v) is 4.73. The number of pyridine rings is 1. The first-order chi connectivity index (χ1) is 15.8. The molecule has 1 aromatic heterocycles. The van der Waals surface area contributed by atoms with Gasteiger partial charge in [0.2, 0.25) is 5.43 Å². The molecule has 2 atom stereocenters. The van der Waals surface area contributed by atoms with Crippen molar-refractivity contribution in [2.24, 2.45) is 0 Å². The molecule has 3 aromatic rings. The van der Waals surface area contributed by atoms with Crippen molar-refractivity contribution in [3.8, 4) is 16.9 Å². The molecule has 0 bridgehead atoms. The number of alkyl halides is 2. The van der Waals surface area contributed by atoms with E-state index in [9.17, 15) is 23.5 Å². The molecule has 1 aliphatic heterocycles. The number of fused-ring (bicyclic) bond motifs is 2. The zero-order valence-corrected chi connectivity index (χ0v) is 18.3. The van der Waals surface area contributed by atoms with Gasteiger partial charge in [-0.2, -0.15) is 8.78 Å². The normalized spacial score (nSPS) is 20.2. The standard InChI is InChI=1S/C25H24F2N2O4/c1-12-13(2)28-10-15-9-14(3-6-17(12)15)18-7-8-19-21(23(18)33-25(26)27)29(16-4-5-16)11-20(22(19)30)24(31)32/h3,6-9,11-13,16,25,28H,4-5,10H2,1-2H3,(H,31,32)/t12-,13+/m1/s1. The second-order valence-corrected chi connectivity index (χ2v) is 8.90. The Labute approximate surface area is 188 Å². The van der Waals surface area contributed by atoms with E-state index >= 15 is 0 Å². The predicted octanol–water partition coefficient (Wildman–Crippen LogP) is 4.90. The number of carbonyl (C=O) groups is 1. The number of nitrogens with one attached hydrogen (secondary N) is 1. The van der Waals surface area contributed by atoms with Crippen molar-refractivity contribution in [2.45, 2.75) is 57.8 Å². The van der Waals surface area contributed by atoms with Crippen LogP contribution in [0, 0.1) is 0 Å². The van der Waals surface area contributed by atoms with Gasteiger partial charge < -0.3 is 19.7 Å². The topological polar surface area (TPSA) is 80.6 Å². The summed E-state index contributed by atoms with van der Waals surface area (Å²) in [4.78, 5) is 24.5. The molecule has 1 fully saturated rings. The van der Waals surface area contributed by atoms with E-state index in [1.165, 1.54) is 17.8 Å². The lowest BCUT2D eigenvalue weighted by Gasteiger charge is -2.30. The summed E-state index contributed by atoms with van der Waals surface area (Å²) in [6, 6.07) is 9.22. The number of halogens is 2. The number of carboxylic acid groups (broad SMARTS) is 1. The lowest BCUT2D eigenvalue weighted by molar-refractivity contribution is -0.0486. The number of carboxylic acids is 1. The fourth-order valence-electron chi connectivity index (χ4n) is 4.73. The third-order valence-corrected chi connectivity index (χ3v) is 6.83. The minimum Gasteiger partial charge on any atom is -0.477 e. The second kappa shape index (κ2) is 7.95. The summed E-state index contributed by atoms with van der Waals surface area (Å²) >= 11 is 0. The Morgan fingerprint density at radius 1 is 1.21 bits per heavy atom. The Bertz CT molecular complexity index is 1330. The van der Waals surface area contributed by atoms with E-state index in [0.29, 0.717) is 29.6 Å². The molecular formula is C25H24F2N2O4. The minimum absolute atomic E-state index is 0.0586. The first-order valence-electron chi connectivity index (χ1n) is 11.0. The van der Waals surface area contributed by atoms with Crippen LogP contribution in [-0.2, 0) is 6.54 Å². The molecule has 6 nitrogen and oxygen atoms in total. The highest BCUT2D eigenvalue weighted by Gasteiger charge is 2.30. The van der Waals surface area contributed by atoms with E-state index in [0.717, 1.165) is 18.4 Å². The molecule has 1 saturated carbocycles. The third-order valence-electron chi connectivity index (χ3n) is 6.83. The van der Waals surface area contributed by atoms with Crippen molar-refractivity contribution in [2.75, 3.05) is 0 Å². The Balaban J connectivity index is 1.77. The monoisotopic (exact) mass is 454 g/mol. The molecule has 0 unspecified atom stereocenters. The van der Waals surface area contributed by atoms with Gasteiger partial charge in [0.05, 0.1) is 10.9 Å². The van der Waals surface area contributed by atoms with Gasteiger partial charge in [0, 0.05) is 30.4 Å². The van der Waals surface area contributed by atoms with Crippen LogP contribution in [0.2, 0.25) is 0 Å². The van der Waals surface area contributed by atoms with Gasteiger partial charge in [0.1, 0.15) is 5.56 Å². The summed E-state index contributed by atoms with van der Waals surface area (Å²) in [5, 5.41) is 13.0. The maximum absolute atomic E-state index is 13.6. The van der Waals surface area contributed by atoms with Crippen molar-refractivity contribution < 1.29 is 23.4 Å². The molecule has 5 rings (SSSR count). The van der Waals surface area contributed by atoms with Crippen molar-refractivity contribution in [1.29, 1.82) is 0 Å². The van der Waals surface area contributed by atoms with Crippen LogP contribution in [0.4, 0.5) is 8.78 Å². The highest BCUT2D eigenvalue weighted by Crippen LogP contribution is 2.44. The molecule has 1 aliphatic carbocycles. The minimum atomic E-state index is -3.10. The lowest BCUT2D eigenvalue weighted by Crippen LogP contribution is -2.35. The maximum Gasteiger partial charge on any atom is 0.387 e. The number of hydrogen-bond acceptors (Lipinski definition) is 4. The maximum atomic E-state index is 13.6. The van der Waals surface area contributed by atoms with Gasteiger partial charge in [0.15, 0.2) is 5.75 Å². The van der Waals surface area contributed by atoms with Crippen LogP contribution in [0.15, 0.2) is 41.3 Å². The smallest absolute Gasteiger partial charge is 0.387 e. The summed E-state index contributed by atoms with van der Waals surface area (Å²) in [7, 11) is 0. The molecular weight excluding hydrogens is 430 g/mol. The van der Waals surface area contributed by atoms with Gasteiger partial charge in [-0.15, -0.1) is 0 Å². The summed E-state index contributed by atoms with van der Waals surface area (Å²) in [6.45, 7) is 1.84. The van der Waals surface area contributed by atoms with Gasteiger partial charge in [0.25, 0.3) is 0 Å². The van der Waals surface area contributed by atoms with E-state index in [4.69, 9.17) is 4.74 Å². The van der Waals surface area contributed by atoms with E-state index in [2.05, 4.69) is 19.2 Å². The number of benzene rings is 2. The van der Waals surface area contributed by atoms with Gasteiger partial charge in [-0.1, -0.05) is 19.1 Å². The second-order valence-electron chi connectivity index (χ2n) is 8.90. The number of aromatic carboxylic acids is 1. The summed E-state index contributed by atoms with van der Waals surface area (Å²) in [5.41, 5.74) is 2.56.